The molecule has 136 valence electrons. The summed E-state index contributed by atoms with van der Waals surface area (Å²) in [4.78, 5) is 4.42. The molecule has 2 aromatic carbocycles. The summed E-state index contributed by atoms with van der Waals surface area (Å²) in [5.74, 6) is 8.13. The third kappa shape index (κ3) is 3.81. The van der Waals surface area contributed by atoms with Gasteiger partial charge < -0.3 is 10.4 Å². The van der Waals surface area contributed by atoms with Gasteiger partial charge in [0.15, 0.2) is 5.82 Å². The lowest BCUT2D eigenvalue weighted by Gasteiger charge is -2.03. The van der Waals surface area contributed by atoms with E-state index in [0.717, 1.165) is 11.1 Å². The molecule has 2 N–H and O–H groups in total. The number of nitrogen functional groups attached to an aromatic ring is 1. The molecule has 0 unspecified atom stereocenters. The van der Waals surface area contributed by atoms with Gasteiger partial charge in [0.05, 0.1) is 5.75 Å². The van der Waals surface area contributed by atoms with Crippen LogP contribution in [0.3, 0.4) is 0 Å². The highest BCUT2D eigenvalue weighted by atomic mass is 35.5. The Kier molecular flexibility index (Phi) is 4.83. The minimum atomic E-state index is 0.434. The number of halogens is 1. The van der Waals surface area contributed by atoms with Gasteiger partial charge in [-0.25, -0.2) is 4.68 Å². The minimum Gasteiger partial charge on any atom is -0.338 e. The Balaban J connectivity index is 1.47. The highest BCUT2D eigenvalue weighted by molar-refractivity contribution is 7.98. The Hall–Kier alpha value is -2.84. The van der Waals surface area contributed by atoms with E-state index < -0.39 is 0 Å². The molecule has 27 heavy (non-hydrogen) atoms. The number of aryl methyl sites for hydroxylation is 1. The quantitative estimate of drug-likeness (QED) is 0.401. The predicted octanol–water partition coefficient (Wildman–Crippen LogP) is 3.96. The summed E-state index contributed by atoms with van der Waals surface area (Å²) in [7, 11) is 0. The van der Waals surface area contributed by atoms with Gasteiger partial charge in [-0.05, 0) is 19.1 Å². The van der Waals surface area contributed by atoms with Gasteiger partial charge in [0.1, 0.15) is 0 Å². The molecule has 0 fully saturated rings. The summed E-state index contributed by atoms with van der Waals surface area (Å²) in [6.07, 6.45) is 0. The Bertz CT molecular complexity index is 1080. The molecule has 2 aromatic heterocycles. The summed E-state index contributed by atoms with van der Waals surface area (Å²) < 4.78 is 6.74. The van der Waals surface area contributed by atoms with Gasteiger partial charge >= 0.3 is 0 Å². The van der Waals surface area contributed by atoms with Crippen molar-refractivity contribution < 1.29 is 4.52 Å². The number of benzene rings is 2. The van der Waals surface area contributed by atoms with Gasteiger partial charge in [0.25, 0.3) is 0 Å². The first-order chi connectivity index (χ1) is 13.1. The molecule has 0 saturated heterocycles. The fraction of sp³-hybridized carbons (Fsp3) is 0.111. The van der Waals surface area contributed by atoms with Crippen molar-refractivity contribution in [2.75, 3.05) is 5.84 Å². The van der Waals surface area contributed by atoms with E-state index in [1.807, 2.05) is 43.3 Å². The summed E-state index contributed by atoms with van der Waals surface area (Å²) in [6, 6.07) is 15.2. The lowest BCUT2D eigenvalue weighted by atomic mass is 10.1. The summed E-state index contributed by atoms with van der Waals surface area (Å²) in [5.41, 5.74) is 2.88. The van der Waals surface area contributed by atoms with Gasteiger partial charge in [-0.1, -0.05) is 70.5 Å². The maximum absolute atomic E-state index is 6.12. The van der Waals surface area contributed by atoms with Crippen molar-refractivity contribution in [2.24, 2.45) is 0 Å². The van der Waals surface area contributed by atoms with E-state index in [9.17, 15) is 0 Å². The molecule has 0 aliphatic rings. The van der Waals surface area contributed by atoms with Crippen molar-refractivity contribution in [3.8, 4) is 22.8 Å². The maximum Gasteiger partial charge on any atom is 0.237 e. The number of hydrogen-bond donors (Lipinski definition) is 1. The molecule has 4 aromatic rings. The summed E-state index contributed by atoms with van der Waals surface area (Å²) in [6.45, 7) is 2.03. The van der Waals surface area contributed by atoms with Crippen molar-refractivity contribution in [2.45, 2.75) is 17.8 Å². The van der Waals surface area contributed by atoms with Crippen LogP contribution in [0.15, 0.2) is 58.2 Å². The Labute approximate surface area is 164 Å². The van der Waals surface area contributed by atoms with Crippen LogP contribution < -0.4 is 5.84 Å². The second-order valence-corrected chi connectivity index (χ2v) is 7.23. The molecule has 7 nitrogen and oxygen atoms in total. The van der Waals surface area contributed by atoms with Crippen LogP contribution >= 0.6 is 23.4 Å². The van der Waals surface area contributed by atoms with Crippen molar-refractivity contribution in [1.82, 2.24) is 25.0 Å². The molecule has 0 spiro atoms. The predicted molar refractivity (Wildman–Crippen MR) is 105 cm³/mol. The largest absolute Gasteiger partial charge is 0.338 e. The fourth-order valence-corrected chi connectivity index (χ4v) is 3.34. The third-order valence-corrected chi connectivity index (χ3v) is 5.01. The highest BCUT2D eigenvalue weighted by Crippen LogP contribution is 2.26. The van der Waals surface area contributed by atoms with E-state index >= 15 is 0 Å². The fourth-order valence-electron chi connectivity index (χ4n) is 2.46. The van der Waals surface area contributed by atoms with Crippen LogP contribution in [0.5, 0.6) is 0 Å². The normalized spacial score (nSPS) is 11.0. The first-order valence-electron chi connectivity index (χ1n) is 8.09. The second kappa shape index (κ2) is 7.42. The average molecular weight is 399 g/mol. The molecule has 0 radical (unpaired) electrons. The SMILES string of the molecule is Cc1ccc(-c2noc(CSc3nnc(-c4cccc(Cl)c4)n3N)n2)cc1. The van der Waals surface area contributed by atoms with Gasteiger partial charge in [0, 0.05) is 16.1 Å². The summed E-state index contributed by atoms with van der Waals surface area (Å²) in [5, 5.41) is 13.4. The van der Waals surface area contributed by atoms with Crippen molar-refractivity contribution in [3.05, 3.63) is 65.0 Å². The average Bonchev–Trinajstić information content (AvgIpc) is 3.27. The first kappa shape index (κ1) is 17.6. The molecule has 0 bridgehead atoms. The standard InChI is InChI=1S/C18H15ClN6OS/c1-11-5-7-12(8-6-11)16-21-15(26-24-16)10-27-18-23-22-17(25(18)20)13-3-2-4-14(19)9-13/h2-9H,10,20H2,1H3. The van der Waals surface area contributed by atoms with Crippen LogP contribution in [0, 0.1) is 6.92 Å². The number of rotatable bonds is 5. The lowest BCUT2D eigenvalue weighted by molar-refractivity contribution is 0.391. The van der Waals surface area contributed by atoms with Gasteiger partial charge in [0.2, 0.25) is 16.9 Å². The van der Waals surface area contributed by atoms with Gasteiger partial charge in [-0.3, -0.25) is 0 Å². The zero-order valence-electron chi connectivity index (χ0n) is 14.3. The molecule has 2 heterocycles. The third-order valence-electron chi connectivity index (χ3n) is 3.85. The van der Waals surface area contributed by atoms with Crippen LogP contribution in [0.25, 0.3) is 22.8 Å². The molecule has 0 saturated carbocycles. The van der Waals surface area contributed by atoms with E-state index in [-0.39, 0.29) is 0 Å². The molecule has 0 aliphatic carbocycles. The van der Waals surface area contributed by atoms with Crippen molar-refractivity contribution >= 4 is 23.4 Å². The molecule has 0 amide bonds. The number of hydrogen-bond acceptors (Lipinski definition) is 7. The van der Waals surface area contributed by atoms with Crippen LogP contribution in [0.2, 0.25) is 5.02 Å². The van der Waals surface area contributed by atoms with Crippen molar-refractivity contribution in [1.29, 1.82) is 0 Å². The van der Waals surface area contributed by atoms with E-state index in [0.29, 0.717) is 33.5 Å². The molecule has 4 rings (SSSR count). The molecule has 9 heteroatoms. The Morgan fingerprint density at radius 1 is 1.11 bits per heavy atom. The van der Waals surface area contributed by atoms with Crippen LogP contribution in [0.1, 0.15) is 11.5 Å². The smallest absolute Gasteiger partial charge is 0.237 e. The number of thioether (sulfide) groups is 1. The molecule has 0 atom stereocenters. The number of nitrogens with zero attached hydrogens (tertiary/aromatic N) is 5. The van der Waals surface area contributed by atoms with E-state index in [2.05, 4.69) is 20.3 Å². The number of nitrogens with two attached hydrogens (primary N) is 1. The van der Waals surface area contributed by atoms with Crippen LogP contribution in [-0.4, -0.2) is 25.0 Å². The Morgan fingerprint density at radius 2 is 1.93 bits per heavy atom. The molecular weight excluding hydrogens is 384 g/mol. The van der Waals surface area contributed by atoms with Gasteiger partial charge in [-0.15, -0.1) is 10.2 Å². The van der Waals surface area contributed by atoms with Crippen molar-refractivity contribution in [3.63, 3.8) is 0 Å². The monoisotopic (exact) mass is 398 g/mol. The van der Waals surface area contributed by atoms with E-state index in [4.69, 9.17) is 22.0 Å². The lowest BCUT2D eigenvalue weighted by Crippen LogP contribution is -2.11. The minimum absolute atomic E-state index is 0.434. The molecular formula is C18H15ClN6OS. The highest BCUT2D eigenvalue weighted by Gasteiger charge is 2.15. The summed E-state index contributed by atoms with van der Waals surface area (Å²) >= 11 is 7.39. The van der Waals surface area contributed by atoms with Crippen LogP contribution in [0.4, 0.5) is 0 Å². The second-order valence-electron chi connectivity index (χ2n) is 5.85. The maximum atomic E-state index is 6.12. The van der Waals surface area contributed by atoms with E-state index in [1.165, 1.54) is 22.0 Å². The Morgan fingerprint density at radius 3 is 2.70 bits per heavy atom. The van der Waals surface area contributed by atoms with E-state index in [1.54, 1.807) is 12.1 Å². The number of aromatic nitrogens is 5. The molecule has 0 aliphatic heterocycles. The zero-order valence-corrected chi connectivity index (χ0v) is 15.9. The zero-order chi connectivity index (χ0) is 18.8. The topological polar surface area (TPSA) is 95.7 Å². The van der Waals surface area contributed by atoms with Gasteiger partial charge in [-0.2, -0.15) is 4.98 Å². The first-order valence-corrected chi connectivity index (χ1v) is 9.45. The van der Waals surface area contributed by atoms with Crippen LogP contribution in [-0.2, 0) is 5.75 Å².